The van der Waals surface area contributed by atoms with Gasteiger partial charge in [-0.3, -0.25) is 9.59 Å². The molecular formula is C17H16F3N3O5. The summed E-state index contributed by atoms with van der Waals surface area (Å²) in [6.07, 6.45) is -3.89. The second-order valence-electron chi connectivity index (χ2n) is 5.17. The monoisotopic (exact) mass is 399 g/mol. The van der Waals surface area contributed by atoms with Gasteiger partial charge in [-0.05, 0) is 23.1 Å². The highest BCUT2D eigenvalue weighted by molar-refractivity contribution is 6.07. The highest BCUT2D eigenvalue weighted by Gasteiger charge is 2.38. The van der Waals surface area contributed by atoms with E-state index in [1.54, 1.807) is 6.07 Å². The summed E-state index contributed by atoms with van der Waals surface area (Å²) in [6, 6.07) is 11.2. The van der Waals surface area contributed by atoms with Crippen LogP contribution in [0.15, 0.2) is 41.5 Å². The predicted octanol–water partition coefficient (Wildman–Crippen LogP) is 2.27. The molecule has 0 bridgehead atoms. The van der Waals surface area contributed by atoms with E-state index in [0.717, 1.165) is 16.3 Å². The Morgan fingerprint density at radius 3 is 2.43 bits per heavy atom. The van der Waals surface area contributed by atoms with E-state index in [9.17, 15) is 22.8 Å². The first kappa shape index (κ1) is 22.4. The Morgan fingerprint density at radius 2 is 1.89 bits per heavy atom. The van der Waals surface area contributed by atoms with E-state index in [4.69, 9.17) is 15.7 Å². The molecule has 2 aromatic rings. The van der Waals surface area contributed by atoms with E-state index >= 15 is 0 Å². The minimum absolute atomic E-state index is 0.323. The number of amides is 1. The van der Waals surface area contributed by atoms with Crippen molar-refractivity contribution in [2.45, 2.75) is 12.6 Å². The van der Waals surface area contributed by atoms with Crippen molar-refractivity contribution in [3.8, 4) is 0 Å². The first-order valence-corrected chi connectivity index (χ1v) is 7.51. The Morgan fingerprint density at radius 1 is 1.25 bits per heavy atom. The average molecular weight is 399 g/mol. The van der Waals surface area contributed by atoms with Gasteiger partial charge in [0, 0.05) is 11.1 Å². The topological polar surface area (TPSA) is 131 Å². The lowest BCUT2D eigenvalue weighted by Gasteiger charge is -2.09. The number of anilines is 1. The second-order valence-corrected chi connectivity index (χ2v) is 5.17. The smallest absolute Gasteiger partial charge is 0.475 e. The molecule has 2 aromatic carbocycles. The zero-order valence-corrected chi connectivity index (χ0v) is 14.5. The lowest BCUT2D eigenvalue weighted by molar-refractivity contribution is -0.192. The molecule has 2 rings (SSSR count). The highest BCUT2D eigenvalue weighted by Crippen LogP contribution is 2.24. The van der Waals surface area contributed by atoms with Gasteiger partial charge in [0.15, 0.2) is 0 Å². The lowest BCUT2D eigenvalue weighted by Crippen LogP contribution is -2.21. The van der Waals surface area contributed by atoms with Crippen LogP contribution in [0.2, 0.25) is 0 Å². The van der Waals surface area contributed by atoms with E-state index in [-0.39, 0.29) is 6.42 Å². The van der Waals surface area contributed by atoms with Gasteiger partial charge in [0.05, 0.1) is 13.3 Å². The van der Waals surface area contributed by atoms with Crippen LogP contribution in [0.3, 0.4) is 0 Å². The SMILES string of the molecule is COC(=O)CC(=O)Nc1cccc2ccc(C=NN)cc12.O=C(O)C(F)(F)F. The zero-order valence-electron chi connectivity index (χ0n) is 14.5. The Kier molecular flexibility index (Phi) is 7.92. The predicted molar refractivity (Wildman–Crippen MR) is 94.7 cm³/mol. The average Bonchev–Trinajstić information content (AvgIpc) is 2.62. The molecule has 0 atom stereocenters. The molecule has 0 aliphatic carbocycles. The van der Waals surface area contributed by atoms with Gasteiger partial charge < -0.3 is 21.0 Å². The number of nitrogens with zero attached hydrogens (tertiary/aromatic N) is 1. The number of carboxylic acids is 1. The highest BCUT2D eigenvalue weighted by atomic mass is 19.4. The Balaban J connectivity index is 0.000000480. The Hall–Kier alpha value is -3.63. The van der Waals surface area contributed by atoms with Gasteiger partial charge in [-0.25, -0.2) is 4.79 Å². The molecule has 28 heavy (non-hydrogen) atoms. The van der Waals surface area contributed by atoms with Gasteiger partial charge >= 0.3 is 18.1 Å². The maximum Gasteiger partial charge on any atom is 0.490 e. The van der Waals surface area contributed by atoms with Gasteiger partial charge in [0.25, 0.3) is 0 Å². The van der Waals surface area contributed by atoms with E-state index in [1.807, 2.05) is 30.3 Å². The van der Waals surface area contributed by atoms with Gasteiger partial charge in [0.1, 0.15) is 6.42 Å². The van der Waals surface area contributed by atoms with E-state index in [0.29, 0.717) is 5.69 Å². The number of nitrogens with one attached hydrogen (secondary N) is 1. The van der Waals surface area contributed by atoms with Crippen molar-refractivity contribution in [1.29, 1.82) is 0 Å². The summed E-state index contributed by atoms with van der Waals surface area (Å²) >= 11 is 0. The van der Waals surface area contributed by atoms with Crippen LogP contribution < -0.4 is 11.2 Å². The molecule has 0 unspecified atom stereocenters. The summed E-state index contributed by atoms with van der Waals surface area (Å²) in [7, 11) is 1.24. The minimum atomic E-state index is -5.08. The van der Waals surface area contributed by atoms with Gasteiger partial charge in [0.2, 0.25) is 5.91 Å². The number of esters is 1. The van der Waals surface area contributed by atoms with Crippen molar-refractivity contribution >= 4 is 40.5 Å². The molecule has 0 fully saturated rings. The number of alkyl halides is 3. The van der Waals surface area contributed by atoms with Crippen LogP contribution in [0.5, 0.6) is 0 Å². The molecule has 4 N–H and O–H groups in total. The molecular weight excluding hydrogens is 383 g/mol. The maximum atomic E-state index is 11.8. The number of benzene rings is 2. The fourth-order valence-electron chi connectivity index (χ4n) is 1.96. The number of hydrogen-bond donors (Lipinski definition) is 3. The van der Waals surface area contributed by atoms with Crippen molar-refractivity contribution in [3.05, 3.63) is 42.0 Å². The normalized spacial score (nSPS) is 10.9. The molecule has 0 saturated carbocycles. The number of nitrogens with two attached hydrogens (primary N) is 1. The zero-order chi connectivity index (χ0) is 21.3. The van der Waals surface area contributed by atoms with Crippen molar-refractivity contribution in [3.63, 3.8) is 0 Å². The van der Waals surface area contributed by atoms with E-state index in [2.05, 4.69) is 15.2 Å². The molecule has 0 aliphatic rings. The summed E-state index contributed by atoms with van der Waals surface area (Å²) in [5.41, 5.74) is 1.44. The number of halogens is 3. The summed E-state index contributed by atoms with van der Waals surface area (Å²) in [4.78, 5) is 31.8. The first-order valence-electron chi connectivity index (χ1n) is 7.51. The van der Waals surface area contributed by atoms with Crippen molar-refractivity contribution in [2.24, 2.45) is 10.9 Å². The maximum absolute atomic E-state index is 11.8. The van der Waals surface area contributed by atoms with Gasteiger partial charge in [-0.1, -0.05) is 24.3 Å². The second kappa shape index (κ2) is 9.90. The van der Waals surface area contributed by atoms with Gasteiger partial charge in [-0.2, -0.15) is 18.3 Å². The number of fused-ring (bicyclic) bond motifs is 1. The number of carbonyl (C=O) groups is 3. The largest absolute Gasteiger partial charge is 0.490 e. The molecule has 0 aliphatic heterocycles. The summed E-state index contributed by atoms with van der Waals surface area (Å²) in [5, 5.41) is 15.1. The summed E-state index contributed by atoms with van der Waals surface area (Å²) in [6.45, 7) is 0. The number of hydrogen-bond acceptors (Lipinski definition) is 6. The molecule has 0 radical (unpaired) electrons. The third kappa shape index (κ3) is 6.94. The van der Waals surface area contributed by atoms with Crippen molar-refractivity contribution in [2.75, 3.05) is 12.4 Å². The fourth-order valence-corrected chi connectivity index (χ4v) is 1.96. The van der Waals surface area contributed by atoms with Crippen LogP contribution in [-0.4, -0.2) is 42.5 Å². The number of carbonyl (C=O) groups excluding carboxylic acids is 2. The fraction of sp³-hybridized carbons (Fsp3) is 0.176. The lowest BCUT2D eigenvalue weighted by atomic mass is 10.1. The number of ether oxygens (including phenoxy) is 1. The molecule has 1 amide bonds. The molecule has 0 heterocycles. The standard InChI is InChI=1S/C15H15N3O3.C2HF3O2/c1-21-15(20)8-14(19)18-13-4-2-3-11-6-5-10(9-17-16)7-12(11)13;3-2(4,5)1(6)7/h2-7,9H,8,16H2,1H3,(H,18,19);(H,6,7). The van der Waals surface area contributed by atoms with E-state index < -0.39 is 24.0 Å². The van der Waals surface area contributed by atoms with Crippen LogP contribution in [0.4, 0.5) is 18.9 Å². The van der Waals surface area contributed by atoms with Crippen molar-refractivity contribution < 1.29 is 37.4 Å². The Bertz CT molecular complexity index is 897. The van der Waals surface area contributed by atoms with E-state index in [1.165, 1.54) is 13.3 Å². The molecule has 0 aromatic heterocycles. The molecule has 0 saturated heterocycles. The number of aliphatic carboxylic acids is 1. The number of methoxy groups -OCH3 is 1. The molecule has 150 valence electrons. The third-order valence-electron chi connectivity index (χ3n) is 3.18. The molecule has 11 heteroatoms. The van der Waals surface area contributed by atoms with Crippen LogP contribution in [0.1, 0.15) is 12.0 Å². The summed E-state index contributed by atoms with van der Waals surface area (Å²) in [5.74, 6) is 1.38. The van der Waals surface area contributed by atoms with Crippen LogP contribution in [0.25, 0.3) is 10.8 Å². The third-order valence-corrected chi connectivity index (χ3v) is 3.18. The number of rotatable bonds is 4. The minimum Gasteiger partial charge on any atom is -0.475 e. The Labute approximate surface area is 156 Å². The van der Waals surface area contributed by atoms with Crippen LogP contribution in [-0.2, 0) is 19.1 Å². The van der Waals surface area contributed by atoms with Gasteiger partial charge in [-0.15, -0.1) is 0 Å². The first-order chi connectivity index (χ1) is 13.1. The molecule has 8 nitrogen and oxygen atoms in total. The summed E-state index contributed by atoms with van der Waals surface area (Å²) < 4.78 is 36.2. The quantitative estimate of drug-likeness (QED) is 0.238. The van der Waals surface area contributed by atoms with Crippen molar-refractivity contribution in [1.82, 2.24) is 0 Å². The van der Waals surface area contributed by atoms with Crippen LogP contribution in [0, 0.1) is 0 Å². The number of hydrazone groups is 1. The molecule has 0 spiro atoms. The van der Waals surface area contributed by atoms with Crippen LogP contribution >= 0.6 is 0 Å². The number of carboxylic acid groups (broad SMARTS) is 1.